The van der Waals surface area contributed by atoms with Crippen LogP contribution in [-0.2, 0) is 0 Å². The van der Waals surface area contributed by atoms with Gasteiger partial charge < -0.3 is 10.2 Å². The number of likely N-dealkylation sites (tertiary alicyclic amines) is 1. The molecule has 1 saturated heterocycles. The summed E-state index contributed by atoms with van der Waals surface area (Å²) in [5, 5.41) is 13.8. The molecule has 1 aromatic rings. The molecule has 0 radical (unpaired) electrons. The van der Waals surface area contributed by atoms with E-state index in [9.17, 15) is 18.9 Å². The molecule has 1 aliphatic rings. The average Bonchev–Trinajstić information content (AvgIpc) is 2.38. The summed E-state index contributed by atoms with van der Waals surface area (Å²) in [5.74, 6) is -1.97. The van der Waals surface area contributed by atoms with Crippen LogP contribution in [0.25, 0.3) is 0 Å². The molecule has 1 aromatic carbocycles. The van der Waals surface area contributed by atoms with E-state index in [1.54, 1.807) is 0 Å². The van der Waals surface area contributed by atoms with Gasteiger partial charge in [0, 0.05) is 31.3 Å². The van der Waals surface area contributed by atoms with Crippen molar-refractivity contribution in [3.05, 3.63) is 33.9 Å². The highest BCUT2D eigenvalue weighted by atomic mass is 19.1. The van der Waals surface area contributed by atoms with E-state index < -0.39 is 22.2 Å². The van der Waals surface area contributed by atoms with Crippen LogP contribution < -0.4 is 5.32 Å². The van der Waals surface area contributed by atoms with Crippen LogP contribution in [0.3, 0.4) is 0 Å². The van der Waals surface area contributed by atoms with Gasteiger partial charge in [0.05, 0.1) is 4.92 Å². The molecular weight excluding hydrogens is 268 g/mol. The van der Waals surface area contributed by atoms with Crippen molar-refractivity contribution in [1.29, 1.82) is 0 Å². The van der Waals surface area contributed by atoms with E-state index in [0.29, 0.717) is 6.07 Å². The van der Waals surface area contributed by atoms with Crippen molar-refractivity contribution in [2.45, 2.75) is 25.8 Å². The van der Waals surface area contributed by atoms with Crippen molar-refractivity contribution < 1.29 is 13.7 Å². The fraction of sp³-hybridized carbons (Fsp3) is 0.538. The van der Waals surface area contributed by atoms with E-state index in [0.717, 1.165) is 38.5 Å². The van der Waals surface area contributed by atoms with Crippen LogP contribution in [0.1, 0.15) is 19.8 Å². The first-order chi connectivity index (χ1) is 9.51. The molecule has 0 amide bonds. The maximum Gasteiger partial charge on any atom is 0.327 e. The van der Waals surface area contributed by atoms with Crippen LogP contribution in [0.5, 0.6) is 0 Å². The fourth-order valence-electron chi connectivity index (χ4n) is 2.48. The van der Waals surface area contributed by atoms with Crippen molar-refractivity contribution in [3.8, 4) is 0 Å². The number of hydrogen-bond acceptors (Lipinski definition) is 4. The van der Waals surface area contributed by atoms with Gasteiger partial charge in [-0.3, -0.25) is 10.1 Å². The smallest absolute Gasteiger partial charge is 0.327 e. The van der Waals surface area contributed by atoms with E-state index >= 15 is 0 Å². The van der Waals surface area contributed by atoms with Crippen LogP contribution in [0.2, 0.25) is 0 Å². The molecule has 1 aliphatic heterocycles. The van der Waals surface area contributed by atoms with E-state index in [1.165, 1.54) is 0 Å². The zero-order valence-corrected chi connectivity index (χ0v) is 11.2. The Morgan fingerprint density at radius 1 is 1.40 bits per heavy atom. The summed E-state index contributed by atoms with van der Waals surface area (Å²) in [6, 6.07) is 1.51. The lowest BCUT2D eigenvalue weighted by molar-refractivity contribution is -0.386. The molecule has 0 bridgehead atoms. The molecule has 1 N–H and O–H groups in total. The van der Waals surface area contributed by atoms with Crippen molar-refractivity contribution >= 4 is 11.4 Å². The average molecular weight is 285 g/mol. The lowest BCUT2D eigenvalue weighted by Gasteiger charge is -2.31. The Morgan fingerprint density at radius 3 is 2.60 bits per heavy atom. The number of benzene rings is 1. The van der Waals surface area contributed by atoms with Crippen molar-refractivity contribution in [2.75, 3.05) is 25.0 Å². The normalized spacial score (nSPS) is 17.1. The molecule has 0 aromatic heterocycles. The lowest BCUT2D eigenvalue weighted by Crippen LogP contribution is -2.39. The Labute approximate surface area is 115 Å². The lowest BCUT2D eigenvalue weighted by atomic mass is 10.0. The Kier molecular flexibility index (Phi) is 4.49. The van der Waals surface area contributed by atoms with Gasteiger partial charge in [0.25, 0.3) is 0 Å². The third-order valence-corrected chi connectivity index (χ3v) is 3.61. The molecule has 0 aliphatic carbocycles. The van der Waals surface area contributed by atoms with Gasteiger partial charge >= 0.3 is 5.69 Å². The van der Waals surface area contributed by atoms with Gasteiger partial charge in [-0.15, -0.1) is 0 Å². The summed E-state index contributed by atoms with van der Waals surface area (Å²) in [4.78, 5) is 12.3. The Balaban J connectivity index is 2.15. The molecule has 0 spiro atoms. The second kappa shape index (κ2) is 6.13. The molecule has 0 atom stereocenters. The summed E-state index contributed by atoms with van der Waals surface area (Å²) in [5.41, 5.74) is -0.772. The number of nitro groups is 1. The van der Waals surface area contributed by atoms with Crippen molar-refractivity contribution in [1.82, 2.24) is 4.90 Å². The second-order valence-corrected chi connectivity index (χ2v) is 4.89. The van der Waals surface area contributed by atoms with E-state index in [1.807, 2.05) is 0 Å². The van der Waals surface area contributed by atoms with Gasteiger partial charge in [-0.1, -0.05) is 6.92 Å². The van der Waals surface area contributed by atoms with Crippen LogP contribution in [0.4, 0.5) is 20.2 Å². The van der Waals surface area contributed by atoms with Gasteiger partial charge in [0.1, 0.15) is 11.5 Å². The quantitative estimate of drug-likeness (QED) is 0.682. The summed E-state index contributed by atoms with van der Waals surface area (Å²) >= 11 is 0. The zero-order chi connectivity index (χ0) is 14.7. The largest absolute Gasteiger partial charge is 0.376 e. The number of nitro benzene ring substituents is 1. The molecule has 2 rings (SSSR count). The summed E-state index contributed by atoms with van der Waals surface area (Å²) < 4.78 is 26.7. The predicted molar refractivity (Wildman–Crippen MR) is 71.8 cm³/mol. The third-order valence-electron chi connectivity index (χ3n) is 3.61. The number of nitrogens with one attached hydrogen (secondary N) is 1. The predicted octanol–water partition coefficient (Wildman–Crippen LogP) is 2.77. The summed E-state index contributed by atoms with van der Waals surface area (Å²) in [6.45, 7) is 4.78. The second-order valence-electron chi connectivity index (χ2n) is 4.89. The summed E-state index contributed by atoms with van der Waals surface area (Å²) in [6.07, 6.45) is 1.59. The third kappa shape index (κ3) is 3.22. The number of piperidine rings is 1. The minimum absolute atomic E-state index is 0.00213. The molecule has 7 heteroatoms. The van der Waals surface area contributed by atoms with Crippen LogP contribution >= 0.6 is 0 Å². The Bertz CT molecular complexity index is 503. The monoisotopic (exact) mass is 285 g/mol. The maximum atomic E-state index is 13.5. The van der Waals surface area contributed by atoms with E-state index in [4.69, 9.17) is 0 Å². The first-order valence-electron chi connectivity index (χ1n) is 6.63. The first-order valence-corrected chi connectivity index (χ1v) is 6.63. The van der Waals surface area contributed by atoms with Crippen molar-refractivity contribution in [2.24, 2.45) is 0 Å². The van der Waals surface area contributed by atoms with Gasteiger partial charge in [-0.05, 0) is 19.4 Å². The highest BCUT2D eigenvalue weighted by Gasteiger charge is 2.25. The maximum absolute atomic E-state index is 13.5. The highest BCUT2D eigenvalue weighted by Crippen LogP contribution is 2.30. The highest BCUT2D eigenvalue weighted by molar-refractivity contribution is 5.62. The molecule has 0 unspecified atom stereocenters. The van der Waals surface area contributed by atoms with Gasteiger partial charge in [0.15, 0.2) is 0 Å². The molecule has 110 valence electrons. The van der Waals surface area contributed by atoms with Gasteiger partial charge in [0.2, 0.25) is 5.82 Å². The summed E-state index contributed by atoms with van der Waals surface area (Å²) in [7, 11) is 0. The van der Waals surface area contributed by atoms with Crippen LogP contribution in [0, 0.1) is 21.7 Å². The SMILES string of the molecule is CCN1CCC(Nc2cc(F)cc(F)c2[N+](=O)[O-])CC1. The van der Waals surface area contributed by atoms with Gasteiger partial charge in [-0.2, -0.15) is 4.39 Å². The van der Waals surface area contributed by atoms with Crippen molar-refractivity contribution in [3.63, 3.8) is 0 Å². The Hall–Kier alpha value is -1.76. The number of halogens is 2. The topological polar surface area (TPSA) is 58.4 Å². The Morgan fingerprint density at radius 2 is 2.05 bits per heavy atom. The molecular formula is C13H17F2N3O2. The minimum Gasteiger partial charge on any atom is -0.376 e. The molecule has 0 saturated carbocycles. The van der Waals surface area contributed by atoms with Crippen LogP contribution in [0.15, 0.2) is 12.1 Å². The molecule has 1 fully saturated rings. The number of hydrogen-bond donors (Lipinski definition) is 1. The molecule has 20 heavy (non-hydrogen) atoms. The van der Waals surface area contributed by atoms with E-state index in [-0.39, 0.29) is 11.7 Å². The van der Waals surface area contributed by atoms with E-state index in [2.05, 4.69) is 17.1 Å². The molecule has 5 nitrogen and oxygen atoms in total. The first kappa shape index (κ1) is 14.6. The number of anilines is 1. The minimum atomic E-state index is -1.15. The van der Waals surface area contributed by atoms with Crippen LogP contribution in [-0.4, -0.2) is 35.5 Å². The standard InChI is InChI=1S/C13H17F2N3O2/c1-2-17-5-3-10(4-6-17)16-12-8-9(14)7-11(15)13(12)18(19)20/h7-8,10,16H,2-6H2,1H3. The number of nitrogens with zero attached hydrogens (tertiary/aromatic N) is 2. The molecule has 1 heterocycles. The number of rotatable bonds is 4. The zero-order valence-electron chi connectivity index (χ0n) is 11.2. The van der Waals surface area contributed by atoms with Gasteiger partial charge in [-0.25, -0.2) is 4.39 Å². The fourth-order valence-corrected chi connectivity index (χ4v) is 2.48.